The Kier molecular flexibility index (Phi) is 4.47. The molecule has 0 amide bonds. The molecule has 106 valence electrons. The minimum atomic E-state index is -0.150. The summed E-state index contributed by atoms with van der Waals surface area (Å²) in [6, 6.07) is 7.22. The first-order valence-electron chi connectivity index (χ1n) is 6.03. The van der Waals surface area contributed by atoms with Gasteiger partial charge in [0.25, 0.3) is 0 Å². The first-order valence-corrected chi connectivity index (χ1v) is 7.61. The Morgan fingerprint density at radius 3 is 2.35 bits per heavy atom. The molecular formula is C14H15Cl2N3S. The Morgan fingerprint density at radius 2 is 1.75 bits per heavy atom. The van der Waals surface area contributed by atoms with Gasteiger partial charge in [-0.3, -0.25) is 0 Å². The van der Waals surface area contributed by atoms with Crippen LogP contribution in [0.3, 0.4) is 0 Å². The highest BCUT2D eigenvalue weighted by molar-refractivity contribution is 7.99. The maximum absolute atomic E-state index is 6.01. The van der Waals surface area contributed by atoms with Crippen molar-refractivity contribution in [2.24, 2.45) is 0 Å². The topological polar surface area (TPSA) is 51.8 Å². The van der Waals surface area contributed by atoms with Crippen molar-refractivity contribution in [1.82, 2.24) is 9.97 Å². The monoisotopic (exact) mass is 327 g/mol. The van der Waals surface area contributed by atoms with Crippen molar-refractivity contribution in [2.75, 3.05) is 5.73 Å². The number of nitrogens with zero attached hydrogens (tertiary/aromatic N) is 2. The van der Waals surface area contributed by atoms with E-state index in [1.165, 1.54) is 11.8 Å². The van der Waals surface area contributed by atoms with Crippen LogP contribution in [0.4, 0.5) is 5.82 Å². The minimum Gasteiger partial charge on any atom is -0.384 e. The molecule has 20 heavy (non-hydrogen) atoms. The maximum atomic E-state index is 6.01. The number of halogens is 2. The molecule has 0 radical (unpaired) electrons. The highest BCUT2D eigenvalue weighted by atomic mass is 35.5. The van der Waals surface area contributed by atoms with Crippen LogP contribution >= 0.6 is 35.0 Å². The van der Waals surface area contributed by atoms with Crippen LogP contribution in [0.2, 0.25) is 10.0 Å². The molecule has 0 aliphatic rings. The van der Waals surface area contributed by atoms with Crippen molar-refractivity contribution >= 4 is 40.8 Å². The summed E-state index contributed by atoms with van der Waals surface area (Å²) in [5, 5.41) is 1.85. The second-order valence-corrected chi connectivity index (χ2v) is 7.29. The fourth-order valence-corrected chi connectivity index (χ4v) is 2.72. The second kappa shape index (κ2) is 5.80. The van der Waals surface area contributed by atoms with Crippen LogP contribution in [0.25, 0.3) is 0 Å². The number of hydrogen-bond acceptors (Lipinski definition) is 4. The van der Waals surface area contributed by atoms with E-state index in [9.17, 15) is 0 Å². The predicted octanol–water partition coefficient (Wildman–Crippen LogP) is 4.81. The van der Waals surface area contributed by atoms with Crippen molar-refractivity contribution in [1.29, 1.82) is 0 Å². The largest absolute Gasteiger partial charge is 0.384 e. The first kappa shape index (κ1) is 15.4. The summed E-state index contributed by atoms with van der Waals surface area (Å²) in [5.74, 6) is 1.19. The molecule has 3 nitrogen and oxygen atoms in total. The molecule has 1 aromatic carbocycles. The zero-order chi connectivity index (χ0) is 14.9. The Morgan fingerprint density at radius 1 is 1.05 bits per heavy atom. The summed E-state index contributed by atoms with van der Waals surface area (Å²) in [6.45, 7) is 6.15. The van der Waals surface area contributed by atoms with Crippen LogP contribution < -0.4 is 5.73 Å². The summed E-state index contributed by atoms with van der Waals surface area (Å²) >= 11 is 13.4. The standard InChI is InChI=1S/C14H15Cl2N3S/c1-14(2,3)13-18-11(17)7-12(19-13)20-8-4-5-9(15)10(16)6-8/h4-7H,1-3H3,(H2,17,18,19). The molecule has 0 fully saturated rings. The summed E-state index contributed by atoms with van der Waals surface area (Å²) in [4.78, 5) is 9.79. The van der Waals surface area contributed by atoms with Gasteiger partial charge in [0.05, 0.1) is 10.0 Å². The third-order valence-electron chi connectivity index (χ3n) is 2.51. The first-order chi connectivity index (χ1) is 9.25. The SMILES string of the molecule is CC(C)(C)c1nc(N)cc(Sc2ccc(Cl)c(Cl)c2)n1. The second-order valence-electron chi connectivity index (χ2n) is 5.38. The number of anilines is 1. The fourth-order valence-electron chi connectivity index (χ4n) is 1.49. The molecule has 6 heteroatoms. The zero-order valence-corrected chi connectivity index (χ0v) is 13.8. The average molecular weight is 328 g/mol. The molecule has 2 rings (SSSR count). The zero-order valence-electron chi connectivity index (χ0n) is 11.4. The van der Waals surface area contributed by atoms with Gasteiger partial charge in [-0.05, 0) is 18.2 Å². The molecular weight excluding hydrogens is 313 g/mol. The average Bonchev–Trinajstić information content (AvgIpc) is 2.32. The summed E-state index contributed by atoms with van der Waals surface area (Å²) in [7, 11) is 0. The van der Waals surface area contributed by atoms with Gasteiger partial charge in [-0.15, -0.1) is 0 Å². The number of hydrogen-bond donors (Lipinski definition) is 1. The van der Waals surface area contributed by atoms with Crippen LogP contribution in [0, 0.1) is 0 Å². The summed E-state index contributed by atoms with van der Waals surface area (Å²) < 4.78 is 0. The molecule has 1 aromatic heterocycles. The molecule has 0 unspecified atom stereocenters. The van der Waals surface area contributed by atoms with E-state index in [1.54, 1.807) is 12.1 Å². The van der Waals surface area contributed by atoms with Gasteiger partial charge >= 0.3 is 0 Å². The van der Waals surface area contributed by atoms with Crippen molar-refractivity contribution in [3.8, 4) is 0 Å². The van der Waals surface area contributed by atoms with E-state index in [2.05, 4.69) is 30.7 Å². The Labute approximate surface area is 132 Å². The van der Waals surface area contributed by atoms with E-state index in [0.29, 0.717) is 15.9 Å². The van der Waals surface area contributed by atoms with Gasteiger partial charge in [-0.2, -0.15) is 0 Å². The van der Waals surface area contributed by atoms with Gasteiger partial charge in [0.2, 0.25) is 0 Å². The molecule has 0 bridgehead atoms. The lowest BCUT2D eigenvalue weighted by Gasteiger charge is -2.17. The van der Waals surface area contributed by atoms with Crippen molar-refractivity contribution < 1.29 is 0 Å². The number of benzene rings is 1. The quantitative estimate of drug-likeness (QED) is 0.804. The van der Waals surface area contributed by atoms with Gasteiger partial charge in [0.1, 0.15) is 16.7 Å². The van der Waals surface area contributed by atoms with Crippen LogP contribution in [0.5, 0.6) is 0 Å². The number of nitrogens with two attached hydrogens (primary N) is 1. The van der Waals surface area contributed by atoms with Gasteiger partial charge in [0, 0.05) is 16.4 Å². The molecule has 0 spiro atoms. The van der Waals surface area contributed by atoms with Gasteiger partial charge in [-0.25, -0.2) is 9.97 Å². The van der Waals surface area contributed by atoms with E-state index in [-0.39, 0.29) is 5.41 Å². The highest BCUT2D eigenvalue weighted by Crippen LogP contribution is 2.33. The van der Waals surface area contributed by atoms with Crippen LogP contribution in [0.15, 0.2) is 34.2 Å². The number of rotatable bonds is 2. The lowest BCUT2D eigenvalue weighted by Crippen LogP contribution is -2.17. The highest BCUT2D eigenvalue weighted by Gasteiger charge is 2.19. The molecule has 0 atom stereocenters. The molecule has 0 aliphatic carbocycles. The fraction of sp³-hybridized carbons (Fsp3) is 0.286. The molecule has 1 heterocycles. The molecule has 0 saturated heterocycles. The summed E-state index contributed by atoms with van der Waals surface area (Å²) in [6.07, 6.45) is 0. The Bertz CT molecular complexity index is 639. The third kappa shape index (κ3) is 3.78. The minimum absolute atomic E-state index is 0.150. The van der Waals surface area contributed by atoms with E-state index in [4.69, 9.17) is 28.9 Å². The molecule has 2 aromatic rings. The van der Waals surface area contributed by atoms with Crippen molar-refractivity contribution in [3.05, 3.63) is 40.1 Å². The third-order valence-corrected chi connectivity index (χ3v) is 4.15. The number of aromatic nitrogens is 2. The van der Waals surface area contributed by atoms with E-state index >= 15 is 0 Å². The lowest BCUT2D eigenvalue weighted by atomic mass is 9.96. The van der Waals surface area contributed by atoms with E-state index in [0.717, 1.165) is 15.7 Å². The molecule has 2 N–H and O–H groups in total. The van der Waals surface area contributed by atoms with Crippen LogP contribution in [-0.4, -0.2) is 9.97 Å². The van der Waals surface area contributed by atoms with Crippen LogP contribution in [-0.2, 0) is 5.41 Å². The smallest absolute Gasteiger partial charge is 0.137 e. The summed E-state index contributed by atoms with van der Waals surface area (Å²) in [5.41, 5.74) is 5.70. The van der Waals surface area contributed by atoms with Gasteiger partial charge in [-0.1, -0.05) is 55.7 Å². The lowest BCUT2D eigenvalue weighted by molar-refractivity contribution is 0.540. The maximum Gasteiger partial charge on any atom is 0.137 e. The van der Waals surface area contributed by atoms with Crippen molar-refractivity contribution in [3.63, 3.8) is 0 Å². The van der Waals surface area contributed by atoms with Crippen molar-refractivity contribution in [2.45, 2.75) is 36.1 Å². The predicted molar refractivity (Wildman–Crippen MR) is 85.7 cm³/mol. The molecule has 0 saturated carbocycles. The van der Waals surface area contributed by atoms with Gasteiger partial charge in [0.15, 0.2) is 0 Å². The van der Waals surface area contributed by atoms with E-state index in [1.807, 2.05) is 12.1 Å². The molecule has 0 aliphatic heterocycles. The van der Waals surface area contributed by atoms with Gasteiger partial charge < -0.3 is 5.73 Å². The Balaban J connectivity index is 2.33. The Hall–Kier alpha value is -0.970. The van der Waals surface area contributed by atoms with E-state index < -0.39 is 0 Å². The number of nitrogen functional groups attached to an aromatic ring is 1. The van der Waals surface area contributed by atoms with Crippen LogP contribution in [0.1, 0.15) is 26.6 Å². The normalized spacial score (nSPS) is 11.7.